The average Bonchev–Trinajstić information content (AvgIpc) is 2.96. The van der Waals surface area contributed by atoms with Gasteiger partial charge in [-0.2, -0.15) is 0 Å². The minimum Gasteiger partial charge on any atom is -0.504 e. The number of hydrogen-bond donors (Lipinski definition) is 3. The van der Waals surface area contributed by atoms with Gasteiger partial charge in [0.05, 0.1) is 5.52 Å². The van der Waals surface area contributed by atoms with E-state index in [0.29, 0.717) is 0 Å². The first-order valence-electron chi connectivity index (χ1n) is 6.53. The van der Waals surface area contributed by atoms with Crippen LogP contribution >= 0.6 is 17.0 Å². The van der Waals surface area contributed by atoms with Crippen molar-refractivity contribution in [2.75, 3.05) is 0 Å². The van der Waals surface area contributed by atoms with Gasteiger partial charge in [0, 0.05) is 34.7 Å². The van der Waals surface area contributed by atoms with Gasteiger partial charge in [-0.3, -0.25) is 4.98 Å². The Bertz CT molecular complexity index is 789. The van der Waals surface area contributed by atoms with Crippen molar-refractivity contribution < 1.29 is 10.2 Å². The van der Waals surface area contributed by atoms with Gasteiger partial charge in [0.1, 0.15) is 0 Å². The Balaban J connectivity index is 0.000000154. The van der Waals surface area contributed by atoms with Crippen molar-refractivity contribution in [3.8, 4) is 11.5 Å². The molecule has 0 fully saturated rings. The van der Waals surface area contributed by atoms with Crippen LogP contribution in [-0.2, 0) is 0 Å². The van der Waals surface area contributed by atoms with Crippen LogP contribution in [0.5, 0.6) is 11.5 Å². The maximum atomic E-state index is 9.07. The molecule has 4 rings (SSSR count). The second-order valence-corrected chi connectivity index (χ2v) is 4.60. The molecular weight excluding hydrogens is 344 g/mol. The predicted molar refractivity (Wildman–Crippen MR) is 93.7 cm³/mol. The van der Waals surface area contributed by atoms with Crippen molar-refractivity contribution in [3.05, 3.63) is 67.0 Å². The fourth-order valence-electron chi connectivity index (χ4n) is 2.09. The number of aromatic nitrogens is 2. The zero-order valence-electron chi connectivity index (χ0n) is 11.6. The first-order chi connectivity index (χ1) is 10.2. The van der Waals surface area contributed by atoms with E-state index in [1.807, 2.05) is 36.5 Å². The second-order valence-electron chi connectivity index (χ2n) is 4.60. The summed E-state index contributed by atoms with van der Waals surface area (Å²) < 4.78 is 0. The third-order valence-corrected chi connectivity index (χ3v) is 3.16. The average molecular weight is 359 g/mol. The molecule has 0 radical (unpaired) electrons. The molecule has 0 bridgehead atoms. The third kappa shape index (κ3) is 3.38. The van der Waals surface area contributed by atoms with Crippen molar-refractivity contribution in [2.45, 2.75) is 0 Å². The van der Waals surface area contributed by atoms with Crippen LogP contribution < -0.4 is 0 Å². The number of phenolic OH excluding ortho intramolecular Hbond substituents is 2. The first kappa shape index (κ1) is 15.9. The van der Waals surface area contributed by atoms with E-state index < -0.39 is 0 Å². The minimum atomic E-state index is -0.0973. The molecule has 0 spiro atoms. The van der Waals surface area contributed by atoms with Crippen LogP contribution in [0, 0.1) is 0 Å². The van der Waals surface area contributed by atoms with Gasteiger partial charge in [0.15, 0.2) is 11.5 Å². The molecule has 0 aliphatic rings. The molecule has 2 aromatic carbocycles. The lowest BCUT2D eigenvalue weighted by atomic mass is 10.2. The SMILES string of the molecule is Br.Oc1cc2cc[nH]c2cc1O.c1ccc2ncccc2c1. The van der Waals surface area contributed by atoms with Crippen molar-refractivity contribution in [2.24, 2.45) is 0 Å². The maximum Gasteiger partial charge on any atom is 0.159 e. The molecule has 0 saturated heterocycles. The first-order valence-corrected chi connectivity index (χ1v) is 6.53. The van der Waals surface area contributed by atoms with Crippen LogP contribution in [0.1, 0.15) is 0 Å². The Morgan fingerprint density at radius 3 is 2.36 bits per heavy atom. The molecule has 0 aliphatic heterocycles. The number of pyridine rings is 1. The summed E-state index contributed by atoms with van der Waals surface area (Å²) in [4.78, 5) is 7.10. The lowest BCUT2D eigenvalue weighted by Crippen LogP contribution is -1.73. The highest BCUT2D eigenvalue weighted by atomic mass is 79.9. The molecule has 0 amide bonds. The van der Waals surface area contributed by atoms with E-state index in [1.165, 1.54) is 17.5 Å². The number of benzene rings is 2. The highest BCUT2D eigenvalue weighted by Gasteiger charge is 2.01. The summed E-state index contributed by atoms with van der Waals surface area (Å²) in [6.45, 7) is 0. The Kier molecular flexibility index (Phi) is 5.01. The summed E-state index contributed by atoms with van der Waals surface area (Å²) in [6.07, 6.45) is 3.56. The highest BCUT2D eigenvalue weighted by molar-refractivity contribution is 8.93. The van der Waals surface area contributed by atoms with Gasteiger partial charge in [0.2, 0.25) is 0 Å². The molecule has 2 heterocycles. The van der Waals surface area contributed by atoms with Gasteiger partial charge in [-0.15, -0.1) is 17.0 Å². The zero-order chi connectivity index (χ0) is 14.7. The number of hydrogen-bond acceptors (Lipinski definition) is 3. The van der Waals surface area contributed by atoms with E-state index in [-0.39, 0.29) is 28.5 Å². The minimum absolute atomic E-state index is 0. The van der Waals surface area contributed by atoms with Crippen molar-refractivity contribution in [3.63, 3.8) is 0 Å². The maximum absolute atomic E-state index is 9.07. The number of nitrogens with one attached hydrogen (secondary N) is 1. The summed E-state index contributed by atoms with van der Waals surface area (Å²) in [5, 5.41) is 20.2. The molecule has 3 N–H and O–H groups in total. The Labute approximate surface area is 137 Å². The number of rotatable bonds is 0. The number of aromatic hydroxyl groups is 2. The number of halogens is 1. The van der Waals surface area contributed by atoms with Crippen LogP contribution in [-0.4, -0.2) is 20.2 Å². The molecule has 4 nitrogen and oxygen atoms in total. The van der Waals surface area contributed by atoms with Gasteiger partial charge in [-0.05, 0) is 24.3 Å². The lowest BCUT2D eigenvalue weighted by molar-refractivity contribution is 0.405. The normalized spacial score (nSPS) is 9.82. The summed E-state index contributed by atoms with van der Waals surface area (Å²) in [5.74, 6) is -0.183. The van der Waals surface area contributed by atoms with Gasteiger partial charge < -0.3 is 15.2 Å². The van der Waals surface area contributed by atoms with E-state index in [4.69, 9.17) is 10.2 Å². The van der Waals surface area contributed by atoms with E-state index in [9.17, 15) is 0 Å². The van der Waals surface area contributed by atoms with E-state index in [0.717, 1.165) is 16.4 Å². The number of para-hydroxylation sites is 1. The lowest BCUT2D eigenvalue weighted by Gasteiger charge is -1.95. The van der Waals surface area contributed by atoms with Crippen LogP contribution in [0.3, 0.4) is 0 Å². The number of H-pyrrole nitrogens is 1. The highest BCUT2D eigenvalue weighted by Crippen LogP contribution is 2.28. The number of fused-ring (bicyclic) bond motifs is 2. The molecule has 112 valence electrons. The quantitative estimate of drug-likeness (QED) is 0.408. The largest absolute Gasteiger partial charge is 0.504 e. The fraction of sp³-hybridized carbons (Fsp3) is 0. The molecule has 0 aliphatic carbocycles. The number of aromatic amines is 1. The molecule has 22 heavy (non-hydrogen) atoms. The zero-order valence-corrected chi connectivity index (χ0v) is 13.3. The summed E-state index contributed by atoms with van der Waals surface area (Å²) in [5.41, 5.74) is 1.88. The van der Waals surface area contributed by atoms with Crippen molar-refractivity contribution in [1.29, 1.82) is 0 Å². The van der Waals surface area contributed by atoms with Gasteiger partial charge in [0.25, 0.3) is 0 Å². The van der Waals surface area contributed by atoms with E-state index >= 15 is 0 Å². The Morgan fingerprint density at radius 1 is 0.818 bits per heavy atom. The topological polar surface area (TPSA) is 69.1 Å². The molecule has 0 atom stereocenters. The Morgan fingerprint density at radius 2 is 1.55 bits per heavy atom. The van der Waals surface area contributed by atoms with Crippen LogP contribution in [0.25, 0.3) is 21.8 Å². The fourth-order valence-corrected chi connectivity index (χ4v) is 2.09. The van der Waals surface area contributed by atoms with Gasteiger partial charge >= 0.3 is 0 Å². The molecule has 2 aromatic heterocycles. The van der Waals surface area contributed by atoms with E-state index in [2.05, 4.69) is 22.1 Å². The van der Waals surface area contributed by atoms with Gasteiger partial charge in [-0.25, -0.2) is 0 Å². The summed E-state index contributed by atoms with van der Waals surface area (Å²) in [6, 6.07) is 16.9. The Hall–Kier alpha value is -2.53. The van der Waals surface area contributed by atoms with Crippen LogP contribution in [0.4, 0.5) is 0 Å². The third-order valence-electron chi connectivity index (χ3n) is 3.16. The predicted octanol–water partition coefficient (Wildman–Crippen LogP) is 4.39. The standard InChI is InChI=1S/C9H7N.C8H7NO2.BrH/c1-2-6-9-8(4-1)5-3-7-10-9;10-7-3-5-1-2-9-6(5)4-8(7)11;/h1-7H;1-4,9-11H;1H. The molecular formula is C17H15BrN2O2. The van der Waals surface area contributed by atoms with Crippen molar-refractivity contribution in [1.82, 2.24) is 9.97 Å². The summed E-state index contributed by atoms with van der Waals surface area (Å²) in [7, 11) is 0. The smallest absolute Gasteiger partial charge is 0.159 e. The van der Waals surface area contributed by atoms with Gasteiger partial charge in [-0.1, -0.05) is 24.3 Å². The number of phenols is 2. The second kappa shape index (κ2) is 6.95. The van der Waals surface area contributed by atoms with Crippen molar-refractivity contribution >= 4 is 38.8 Å². The molecule has 0 saturated carbocycles. The monoisotopic (exact) mass is 358 g/mol. The molecule has 4 aromatic rings. The summed E-state index contributed by atoms with van der Waals surface area (Å²) >= 11 is 0. The molecule has 5 heteroatoms. The molecule has 0 unspecified atom stereocenters. The van der Waals surface area contributed by atoms with E-state index in [1.54, 1.807) is 6.20 Å². The number of nitrogens with zero attached hydrogens (tertiary/aromatic N) is 1. The van der Waals surface area contributed by atoms with Crippen LogP contribution in [0.2, 0.25) is 0 Å². The van der Waals surface area contributed by atoms with Crippen LogP contribution in [0.15, 0.2) is 67.0 Å².